The predicted molar refractivity (Wildman–Crippen MR) is 81.4 cm³/mol. The molecule has 1 aromatic rings. The van der Waals surface area contributed by atoms with E-state index in [4.69, 9.17) is 10.2 Å². The van der Waals surface area contributed by atoms with Crippen molar-refractivity contribution in [3.05, 3.63) is 40.4 Å². The van der Waals surface area contributed by atoms with E-state index in [0.29, 0.717) is 6.20 Å². The quantitative estimate of drug-likeness (QED) is 0.344. The minimum absolute atomic E-state index is 0.0227. The van der Waals surface area contributed by atoms with Crippen molar-refractivity contribution in [2.24, 2.45) is 0 Å². The molecule has 0 saturated heterocycles. The van der Waals surface area contributed by atoms with E-state index in [-0.39, 0.29) is 36.2 Å². The lowest BCUT2D eigenvalue weighted by atomic mass is 9.98. The average Bonchev–Trinajstić information content (AvgIpc) is 2.53. The molecule has 0 heterocycles. The molecule has 24 heavy (non-hydrogen) atoms. The molecule has 0 bridgehead atoms. The number of anilines is 1. The molecule has 0 unspecified atom stereocenters. The highest BCUT2D eigenvalue weighted by molar-refractivity contribution is 6.12. The van der Waals surface area contributed by atoms with E-state index in [1.54, 1.807) is 13.8 Å². The van der Waals surface area contributed by atoms with E-state index in [1.807, 2.05) is 0 Å². The van der Waals surface area contributed by atoms with Gasteiger partial charge in [0.05, 0.1) is 5.69 Å². The summed E-state index contributed by atoms with van der Waals surface area (Å²) < 4.78 is 42.2. The van der Waals surface area contributed by atoms with Gasteiger partial charge in [0.1, 0.15) is 0 Å². The lowest BCUT2D eigenvalue weighted by Crippen LogP contribution is -2.24. The van der Waals surface area contributed by atoms with Crippen LogP contribution in [0.5, 0.6) is 0 Å². The summed E-state index contributed by atoms with van der Waals surface area (Å²) in [5.41, 5.74) is -1.22. The van der Waals surface area contributed by atoms with Crippen molar-refractivity contribution in [1.29, 1.82) is 0 Å². The van der Waals surface area contributed by atoms with Gasteiger partial charge in [-0.05, 0) is 30.9 Å². The lowest BCUT2D eigenvalue weighted by Gasteiger charge is -2.25. The standard InChI is InChI=1S/C16H18F3NO4/c1-4-8-9(5-2)14(13(19)12(18)11(8)17)20(6-3)7-10(15(21)22)16(23)24/h7H,4-6H2,1-3H3,(H,21,22)(H,23,24). The first-order chi connectivity index (χ1) is 11.2. The molecular weight excluding hydrogens is 327 g/mol. The highest BCUT2D eigenvalue weighted by atomic mass is 19.2. The van der Waals surface area contributed by atoms with Gasteiger partial charge in [-0.25, -0.2) is 22.8 Å². The van der Waals surface area contributed by atoms with Crippen LogP contribution in [0.15, 0.2) is 11.8 Å². The molecule has 0 atom stereocenters. The van der Waals surface area contributed by atoms with Crippen LogP contribution < -0.4 is 4.90 Å². The number of benzene rings is 1. The van der Waals surface area contributed by atoms with Gasteiger partial charge in [-0.2, -0.15) is 0 Å². The van der Waals surface area contributed by atoms with E-state index in [2.05, 4.69) is 0 Å². The molecule has 0 amide bonds. The zero-order valence-corrected chi connectivity index (χ0v) is 13.5. The maximum absolute atomic E-state index is 14.3. The fourth-order valence-corrected chi connectivity index (χ4v) is 2.46. The van der Waals surface area contributed by atoms with Gasteiger partial charge in [-0.15, -0.1) is 0 Å². The number of nitrogens with zero attached hydrogens (tertiary/aromatic N) is 1. The molecule has 0 spiro atoms. The third-order valence-corrected chi connectivity index (χ3v) is 3.59. The van der Waals surface area contributed by atoms with Gasteiger partial charge in [-0.1, -0.05) is 13.8 Å². The number of carbonyl (C=O) groups is 2. The van der Waals surface area contributed by atoms with Crippen LogP contribution in [0, 0.1) is 17.5 Å². The summed E-state index contributed by atoms with van der Waals surface area (Å²) in [6.45, 7) is 4.65. The van der Waals surface area contributed by atoms with Crippen molar-refractivity contribution >= 4 is 17.6 Å². The summed E-state index contributed by atoms with van der Waals surface area (Å²) in [5, 5.41) is 17.9. The first-order valence-electron chi connectivity index (χ1n) is 7.34. The Labute approximate surface area is 137 Å². The Bertz CT molecular complexity index is 685. The molecule has 0 fully saturated rings. The summed E-state index contributed by atoms with van der Waals surface area (Å²) in [6.07, 6.45) is 0.969. The maximum atomic E-state index is 14.3. The summed E-state index contributed by atoms with van der Waals surface area (Å²) in [6, 6.07) is 0. The van der Waals surface area contributed by atoms with Crippen LogP contribution in [0.1, 0.15) is 31.9 Å². The van der Waals surface area contributed by atoms with Gasteiger partial charge < -0.3 is 15.1 Å². The molecule has 0 aliphatic carbocycles. The molecule has 0 aromatic heterocycles. The van der Waals surface area contributed by atoms with E-state index in [1.165, 1.54) is 6.92 Å². The van der Waals surface area contributed by atoms with Gasteiger partial charge in [-0.3, -0.25) is 0 Å². The average molecular weight is 345 g/mol. The number of halogens is 3. The fraction of sp³-hybridized carbons (Fsp3) is 0.375. The molecule has 8 heteroatoms. The van der Waals surface area contributed by atoms with E-state index < -0.39 is 35.0 Å². The third-order valence-electron chi connectivity index (χ3n) is 3.59. The van der Waals surface area contributed by atoms with Crippen LogP contribution in [0.25, 0.3) is 0 Å². The van der Waals surface area contributed by atoms with Crippen LogP contribution in [-0.4, -0.2) is 28.7 Å². The second-order valence-corrected chi connectivity index (χ2v) is 4.89. The summed E-state index contributed by atoms with van der Waals surface area (Å²) in [4.78, 5) is 23.0. The summed E-state index contributed by atoms with van der Waals surface area (Å²) >= 11 is 0. The monoisotopic (exact) mass is 345 g/mol. The summed E-state index contributed by atoms with van der Waals surface area (Å²) in [5.74, 6) is -7.88. The zero-order valence-electron chi connectivity index (χ0n) is 13.5. The van der Waals surface area contributed by atoms with E-state index in [0.717, 1.165) is 4.90 Å². The molecule has 132 valence electrons. The van der Waals surface area contributed by atoms with Crippen molar-refractivity contribution < 1.29 is 33.0 Å². The van der Waals surface area contributed by atoms with Crippen LogP contribution in [0.2, 0.25) is 0 Å². The fourth-order valence-electron chi connectivity index (χ4n) is 2.46. The SMILES string of the molecule is CCc1c(F)c(F)c(F)c(N(C=C(C(=O)O)C(=O)O)CC)c1CC. The Kier molecular flexibility index (Phi) is 6.39. The predicted octanol–water partition coefficient (Wildman–Crippen LogP) is 3.11. The Hall–Kier alpha value is -2.51. The molecule has 2 N–H and O–H groups in total. The smallest absolute Gasteiger partial charge is 0.344 e. The highest BCUT2D eigenvalue weighted by Gasteiger charge is 2.27. The Morgan fingerprint density at radius 1 is 0.917 bits per heavy atom. The molecule has 1 aromatic carbocycles. The first kappa shape index (κ1) is 19.5. The Balaban J connectivity index is 3.74. The first-order valence-corrected chi connectivity index (χ1v) is 7.34. The zero-order chi connectivity index (χ0) is 18.6. The minimum Gasteiger partial charge on any atom is -0.477 e. The van der Waals surface area contributed by atoms with Crippen LogP contribution >= 0.6 is 0 Å². The summed E-state index contributed by atoms with van der Waals surface area (Å²) in [7, 11) is 0. The number of carboxylic acid groups (broad SMARTS) is 2. The van der Waals surface area contributed by atoms with Crippen LogP contribution in [-0.2, 0) is 22.4 Å². The van der Waals surface area contributed by atoms with Crippen LogP contribution in [0.4, 0.5) is 18.9 Å². The Morgan fingerprint density at radius 2 is 1.42 bits per heavy atom. The topological polar surface area (TPSA) is 77.8 Å². The molecule has 0 aliphatic rings. The van der Waals surface area contributed by atoms with E-state index >= 15 is 0 Å². The van der Waals surface area contributed by atoms with Crippen molar-refractivity contribution in [3.8, 4) is 0 Å². The molecule has 0 saturated carbocycles. The van der Waals surface area contributed by atoms with Crippen molar-refractivity contribution in [2.75, 3.05) is 11.4 Å². The molecule has 0 radical (unpaired) electrons. The number of hydrogen-bond donors (Lipinski definition) is 2. The molecule has 0 aliphatic heterocycles. The van der Waals surface area contributed by atoms with Gasteiger partial charge >= 0.3 is 11.9 Å². The molecule has 5 nitrogen and oxygen atoms in total. The Morgan fingerprint density at radius 3 is 1.79 bits per heavy atom. The number of aliphatic carboxylic acids is 2. The largest absolute Gasteiger partial charge is 0.477 e. The maximum Gasteiger partial charge on any atom is 0.344 e. The third kappa shape index (κ3) is 3.52. The van der Waals surface area contributed by atoms with Gasteiger partial charge in [0, 0.05) is 12.7 Å². The van der Waals surface area contributed by atoms with E-state index in [9.17, 15) is 22.8 Å². The normalized spacial score (nSPS) is 10.4. The highest BCUT2D eigenvalue weighted by Crippen LogP contribution is 2.33. The molecule has 1 rings (SSSR count). The van der Waals surface area contributed by atoms with Crippen molar-refractivity contribution in [2.45, 2.75) is 33.6 Å². The number of rotatable bonds is 7. The van der Waals surface area contributed by atoms with Gasteiger partial charge in [0.25, 0.3) is 0 Å². The second kappa shape index (κ2) is 7.85. The van der Waals surface area contributed by atoms with Gasteiger partial charge in [0.15, 0.2) is 23.0 Å². The van der Waals surface area contributed by atoms with Crippen molar-refractivity contribution in [1.82, 2.24) is 0 Å². The minimum atomic E-state index is -1.72. The number of hydrogen-bond acceptors (Lipinski definition) is 3. The lowest BCUT2D eigenvalue weighted by molar-refractivity contribution is -0.140. The molecular formula is C16H18F3NO4. The van der Waals surface area contributed by atoms with Gasteiger partial charge in [0.2, 0.25) is 0 Å². The van der Waals surface area contributed by atoms with Crippen molar-refractivity contribution in [3.63, 3.8) is 0 Å². The second-order valence-electron chi connectivity index (χ2n) is 4.89. The number of carboxylic acids is 2. The van der Waals surface area contributed by atoms with Crippen LogP contribution in [0.3, 0.4) is 0 Å².